The highest BCUT2D eigenvalue weighted by Gasteiger charge is 2.07. The maximum absolute atomic E-state index is 12.0. The molecule has 2 rings (SSSR count). The number of aryl methyl sites for hydroxylation is 2. The monoisotopic (exact) mass is 295 g/mol. The van der Waals surface area contributed by atoms with Gasteiger partial charge in [0.25, 0.3) is 0 Å². The van der Waals surface area contributed by atoms with Crippen molar-refractivity contribution in [3.8, 4) is 0 Å². The first-order chi connectivity index (χ1) is 10.7. The predicted octanol–water partition coefficient (Wildman–Crippen LogP) is 4.10. The first-order valence-corrected chi connectivity index (χ1v) is 8.08. The van der Waals surface area contributed by atoms with E-state index in [1.54, 1.807) is 0 Å². The van der Waals surface area contributed by atoms with Crippen molar-refractivity contribution in [3.63, 3.8) is 0 Å². The number of nitrogens with one attached hydrogen (secondary N) is 1. The Bertz CT molecular complexity index is 574. The summed E-state index contributed by atoms with van der Waals surface area (Å²) in [7, 11) is 0. The first-order valence-electron chi connectivity index (χ1n) is 8.08. The Hall–Kier alpha value is -2.09. The van der Waals surface area contributed by atoms with E-state index in [-0.39, 0.29) is 5.91 Å². The van der Waals surface area contributed by atoms with Crippen molar-refractivity contribution in [2.24, 2.45) is 0 Å². The predicted molar refractivity (Wildman–Crippen MR) is 92.0 cm³/mol. The highest BCUT2D eigenvalue weighted by atomic mass is 16.1. The van der Waals surface area contributed by atoms with Crippen LogP contribution in [0.15, 0.2) is 54.6 Å². The number of hydrogen-bond acceptors (Lipinski definition) is 1. The molecule has 116 valence electrons. The molecule has 0 aromatic heterocycles. The van der Waals surface area contributed by atoms with Crippen LogP contribution in [0, 0.1) is 0 Å². The Balaban J connectivity index is 1.73. The Morgan fingerprint density at radius 1 is 1.00 bits per heavy atom. The fraction of sp³-hybridized carbons (Fsp3) is 0.350. The van der Waals surface area contributed by atoms with Crippen LogP contribution in [-0.4, -0.2) is 12.5 Å². The van der Waals surface area contributed by atoms with Crippen molar-refractivity contribution in [2.75, 3.05) is 6.54 Å². The molecule has 0 saturated carbocycles. The maximum atomic E-state index is 12.0. The zero-order chi connectivity index (χ0) is 15.8. The number of carbonyl (C=O) groups excluding carboxylic acids is 1. The number of benzene rings is 2. The van der Waals surface area contributed by atoms with Gasteiger partial charge in [0.05, 0.1) is 0 Å². The van der Waals surface area contributed by atoms with Crippen LogP contribution in [0.4, 0.5) is 0 Å². The second-order valence-electron chi connectivity index (χ2n) is 5.79. The van der Waals surface area contributed by atoms with Gasteiger partial charge in [-0.1, -0.05) is 68.4 Å². The van der Waals surface area contributed by atoms with Crippen LogP contribution in [0.2, 0.25) is 0 Å². The molecule has 0 unspecified atom stereocenters. The van der Waals surface area contributed by atoms with Crippen molar-refractivity contribution in [1.29, 1.82) is 0 Å². The van der Waals surface area contributed by atoms with Crippen LogP contribution in [0.25, 0.3) is 0 Å². The molecule has 1 N–H and O–H groups in total. The lowest BCUT2D eigenvalue weighted by Gasteiger charge is -2.13. The number of amides is 1. The summed E-state index contributed by atoms with van der Waals surface area (Å²) >= 11 is 0. The third kappa shape index (κ3) is 5.03. The summed E-state index contributed by atoms with van der Waals surface area (Å²) in [5.41, 5.74) is 3.83. The highest BCUT2D eigenvalue weighted by molar-refractivity contribution is 5.76. The minimum absolute atomic E-state index is 0.127. The van der Waals surface area contributed by atoms with E-state index in [4.69, 9.17) is 0 Å². The first kappa shape index (κ1) is 16.3. The van der Waals surface area contributed by atoms with Gasteiger partial charge in [-0.15, -0.1) is 0 Å². The van der Waals surface area contributed by atoms with Gasteiger partial charge in [-0.3, -0.25) is 4.79 Å². The average molecular weight is 295 g/mol. The minimum Gasteiger partial charge on any atom is -0.355 e. The highest BCUT2D eigenvalue weighted by Crippen LogP contribution is 2.13. The van der Waals surface area contributed by atoms with E-state index in [1.807, 2.05) is 18.2 Å². The van der Waals surface area contributed by atoms with E-state index in [9.17, 15) is 4.79 Å². The second kappa shape index (κ2) is 8.38. The van der Waals surface area contributed by atoms with Crippen LogP contribution in [-0.2, 0) is 17.6 Å². The van der Waals surface area contributed by atoms with Gasteiger partial charge in [0, 0.05) is 13.0 Å². The normalized spacial score (nSPS) is 11.9. The largest absolute Gasteiger partial charge is 0.355 e. The van der Waals surface area contributed by atoms with Gasteiger partial charge in [0.2, 0.25) is 5.91 Å². The fourth-order valence-corrected chi connectivity index (χ4v) is 2.45. The number of carbonyl (C=O) groups is 1. The van der Waals surface area contributed by atoms with E-state index >= 15 is 0 Å². The van der Waals surface area contributed by atoms with Crippen LogP contribution < -0.4 is 5.32 Å². The summed E-state index contributed by atoms with van der Waals surface area (Å²) in [5, 5.41) is 3.03. The van der Waals surface area contributed by atoms with Gasteiger partial charge in [-0.05, 0) is 35.4 Å². The van der Waals surface area contributed by atoms with Crippen molar-refractivity contribution in [2.45, 2.75) is 39.0 Å². The van der Waals surface area contributed by atoms with Gasteiger partial charge >= 0.3 is 0 Å². The summed E-state index contributed by atoms with van der Waals surface area (Å²) in [4.78, 5) is 12.0. The lowest BCUT2D eigenvalue weighted by molar-refractivity contribution is -0.121. The van der Waals surface area contributed by atoms with E-state index in [2.05, 4.69) is 55.6 Å². The Kier molecular flexibility index (Phi) is 6.20. The zero-order valence-electron chi connectivity index (χ0n) is 13.5. The summed E-state index contributed by atoms with van der Waals surface area (Å²) in [6.45, 7) is 4.98. The Morgan fingerprint density at radius 2 is 1.64 bits per heavy atom. The maximum Gasteiger partial charge on any atom is 0.220 e. The molecule has 1 atom stereocenters. The molecule has 0 aliphatic heterocycles. The van der Waals surface area contributed by atoms with Crippen molar-refractivity contribution < 1.29 is 4.79 Å². The topological polar surface area (TPSA) is 29.1 Å². The average Bonchev–Trinajstić information content (AvgIpc) is 2.59. The molecule has 0 saturated heterocycles. The molecule has 0 fully saturated rings. The van der Waals surface area contributed by atoms with Gasteiger partial charge in [0.15, 0.2) is 0 Å². The van der Waals surface area contributed by atoms with Crippen LogP contribution >= 0.6 is 0 Å². The summed E-state index contributed by atoms with van der Waals surface area (Å²) in [6, 6.07) is 18.8. The Labute approximate surface area is 133 Å². The molecule has 1 amide bonds. The summed E-state index contributed by atoms with van der Waals surface area (Å²) in [6.07, 6.45) is 2.40. The van der Waals surface area contributed by atoms with Crippen molar-refractivity contribution in [3.05, 3.63) is 71.3 Å². The minimum atomic E-state index is 0.127. The third-order valence-corrected chi connectivity index (χ3v) is 4.05. The molecule has 0 spiro atoms. The molecule has 0 heterocycles. The van der Waals surface area contributed by atoms with E-state index < -0.39 is 0 Å². The number of hydrogen-bond donors (Lipinski definition) is 1. The van der Waals surface area contributed by atoms with Crippen molar-refractivity contribution >= 4 is 5.91 Å². The molecule has 0 aliphatic rings. The van der Waals surface area contributed by atoms with Gasteiger partial charge in [0.1, 0.15) is 0 Å². The zero-order valence-corrected chi connectivity index (χ0v) is 13.5. The molecule has 22 heavy (non-hydrogen) atoms. The molecule has 0 aliphatic carbocycles. The SMILES string of the molecule is CCc1ccc(CCC(=O)NC[C@H](C)c2ccccc2)cc1. The van der Waals surface area contributed by atoms with Crippen LogP contribution in [0.3, 0.4) is 0 Å². The fourth-order valence-electron chi connectivity index (χ4n) is 2.45. The quantitative estimate of drug-likeness (QED) is 0.818. The van der Waals surface area contributed by atoms with Gasteiger partial charge < -0.3 is 5.32 Å². The summed E-state index contributed by atoms with van der Waals surface area (Å²) < 4.78 is 0. The number of rotatable bonds is 7. The van der Waals surface area contributed by atoms with Crippen LogP contribution in [0.5, 0.6) is 0 Å². The molecule has 2 heteroatoms. The molecule has 0 bridgehead atoms. The smallest absolute Gasteiger partial charge is 0.220 e. The standard InChI is InChI=1S/C20H25NO/c1-3-17-9-11-18(12-10-17)13-14-20(22)21-15-16(2)19-7-5-4-6-8-19/h4-12,16H,3,13-15H2,1-2H3,(H,21,22)/t16-/m0/s1. The van der Waals surface area contributed by atoms with E-state index in [1.165, 1.54) is 16.7 Å². The van der Waals surface area contributed by atoms with Crippen molar-refractivity contribution in [1.82, 2.24) is 5.32 Å². The Morgan fingerprint density at radius 3 is 2.27 bits per heavy atom. The van der Waals surface area contributed by atoms with E-state index in [0.29, 0.717) is 18.9 Å². The van der Waals surface area contributed by atoms with Gasteiger partial charge in [-0.2, -0.15) is 0 Å². The third-order valence-electron chi connectivity index (χ3n) is 4.05. The molecular formula is C20H25NO. The molecule has 2 nitrogen and oxygen atoms in total. The lowest BCUT2D eigenvalue weighted by atomic mass is 10.0. The molecule has 2 aromatic rings. The molecule has 2 aromatic carbocycles. The summed E-state index contributed by atoms with van der Waals surface area (Å²) in [5.74, 6) is 0.469. The molecule has 0 radical (unpaired) electrons. The molecular weight excluding hydrogens is 270 g/mol. The second-order valence-corrected chi connectivity index (χ2v) is 5.79. The lowest BCUT2D eigenvalue weighted by Crippen LogP contribution is -2.27. The van der Waals surface area contributed by atoms with E-state index in [0.717, 1.165) is 12.8 Å². The van der Waals surface area contributed by atoms with Crippen LogP contribution in [0.1, 0.15) is 42.9 Å². The van der Waals surface area contributed by atoms with Gasteiger partial charge in [-0.25, -0.2) is 0 Å².